The lowest BCUT2D eigenvalue weighted by atomic mass is 10.1. The number of para-hydroxylation sites is 1. The quantitative estimate of drug-likeness (QED) is 0.924. The van der Waals surface area contributed by atoms with Gasteiger partial charge in [-0.05, 0) is 25.5 Å². The first-order chi connectivity index (χ1) is 11.5. The van der Waals surface area contributed by atoms with Gasteiger partial charge in [-0.25, -0.2) is 9.37 Å². The van der Waals surface area contributed by atoms with E-state index in [1.807, 2.05) is 13.8 Å². The van der Waals surface area contributed by atoms with Crippen molar-refractivity contribution in [1.29, 1.82) is 0 Å². The second kappa shape index (κ2) is 6.68. The van der Waals surface area contributed by atoms with Gasteiger partial charge in [-0.1, -0.05) is 19.1 Å². The standard InChI is InChI=1S/C17H18FN3O2S/c1-3-13-10(2)24-17(19-13)20-16(23)11-8-15(22)21(9-11)14-7-5-4-6-12(14)18/h4-7,11H,3,8-9H2,1-2H3,(H,19,20,23)/t11-/m1/s1. The third-order valence-corrected chi connectivity index (χ3v) is 5.03. The molecule has 24 heavy (non-hydrogen) atoms. The predicted octanol–water partition coefficient (Wildman–Crippen LogP) is 3.14. The SMILES string of the molecule is CCc1nc(NC(=O)[C@@H]2CC(=O)N(c3ccccc3F)C2)sc1C. The number of aromatic nitrogens is 1. The highest BCUT2D eigenvalue weighted by molar-refractivity contribution is 7.15. The Bertz CT molecular complexity index is 790. The largest absolute Gasteiger partial charge is 0.309 e. The molecule has 1 fully saturated rings. The van der Waals surface area contributed by atoms with Crippen LogP contribution in [-0.2, 0) is 16.0 Å². The van der Waals surface area contributed by atoms with Gasteiger partial charge in [0.2, 0.25) is 11.8 Å². The second-order valence-electron chi connectivity index (χ2n) is 5.72. The van der Waals surface area contributed by atoms with E-state index >= 15 is 0 Å². The molecule has 5 nitrogen and oxygen atoms in total. The number of carbonyl (C=O) groups excluding carboxylic acids is 2. The number of amides is 2. The van der Waals surface area contributed by atoms with Crippen molar-refractivity contribution in [1.82, 2.24) is 4.98 Å². The number of nitrogens with zero attached hydrogens (tertiary/aromatic N) is 2. The number of thiazole rings is 1. The van der Waals surface area contributed by atoms with Crippen molar-refractivity contribution in [2.24, 2.45) is 5.92 Å². The van der Waals surface area contributed by atoms with Crippen molar-refractivity contribution < 1.29 is 14.0 Å². The number of aryl methyl sites for hydroxylation is 2. The summed E-state index contributed by atoms with van der Waals surface area (Å²) in [6.45, 7) is 4.15. The summed E-state index contributed by atoms with van der Waals surface area (Å²) in [7, 11) is 0. The summed E-state index contributed by atoms with van der Waals surface area (Å²) in [6, 6.07) is 6.09. The number of hydrogen-bond acceptors (Lipinski definition) is 4. The molecule has 0 saturated carbocycles. The Balaban J connectivity index is 1.71. The fourth-order valence-corrected chi connectivity index (χ4v) is 3.71. The van der Waals surface area contributed by atoms with E-state index in [0.29, 0.717) is 5.13 Å². The number of rotatable bonds is 4. The van der Waals surface area contributed by atoms with E-state index in [0.717, 1.165) is 17.0 Å². The monoisotopic (exact) mass is 347 g/mol. The Labute approximate surface area is 143 Å². The molecule has 1 N–H and O–H groups in total. The zero-order valence-corrected chi connectivity index (χ0v) is 14.3. The van der Waals surface area contributed by atoms with Crippen LogP contribution in [-0.4, -0.2) is 23.3 Å². The first kappa shape index (κ1) is 16.6. The van der Waals surface area contributed by atoms with E-state index in [1.165, 1.54) is 22.3 Å². The van der Waals surface area contributed by atoms with E-state index in [2.05, 4.69) is 10.3 Å². The van der Waals surface area contributed by atoms with Gasteiger partial charge in [0.25, 0.3) is 0 Å². The molecule has 1 aromatic heterocycles. The third kappa shape index (κ3) is 3.17. The second-order valence-corrected chi connectivity index (χ2v) is 6.92. The molecule has 1 saturated heterocycles. The highest BCUT2D eigenvalue weighted by Gasteiger charge is 2.36. The Morgan fingerprint density at radius 2 is 2.21 bits per heavy atom. The van der Waals surface area contributed by atoms with E-state index in [9.17, 15) is 14.0 Å². The fraction of sp³-hybridized carbons (Fsp3) is 0.353. The first-order valence-corrected chi connectivity index (χ1v) is 8.63. The summed E-state index contributed by atoms with van der Waals surface area (Å²) in [4.78, 5) is 31.4. The van der Waals surface area contributed by atoms with Crippen LogP contribution in [0, 0.1) is 18.7 Å². The van der Waals surface area contributed by atoms with Crippen molar-refractivity contribution in [2.75, 3.05) is 16.8 Å². The van der Waals surface area contributed by atoms with Crippen LogP contribution in [0.1, 0.15) is 23.9 Å². The number of carbonyl (C=O) groups is 2. The topological polar surface area (TPSA) is 62.3 Å². The zero-order chi connectivity index (χ0) is 17.3. The maximum atomic E-state index is 13.9. The Morgan fingerprint density at radius 3 is 2.88 bits per heavy atom. The molecule has 1 aliphatic rings. The van der Waals surface area contributed by atoms with Gasteiger partial charge in [-0.3, -0.25) is 9.59 Å². The molecule has 1 atom stereocenters. The van der Waals surface area contributed by atoms with Gasteiger partial charge >= 0.3 is 0 Å². The van der Waals surface area contributed by atoms with Crippen LogP contribution in [0.3, 0.4) is 0 Å². The third-order valence-electron chi connectivity index (χ3n) is 4.10. The van der Waals surface area contributed by atoms with Crippen molar-refractivity contribution >= 4 is 34.0 Å². The van der Waals surface area contributed by atoms with E-state index in [4.69, 9.17) is 0 Å². The van der Waals surface area contributed by atoms with Gasteiger partial charge in [0.1, 0.15) is 5.82 Å². The summed E-state index contributed by atoms with van der Waals surface area (Å²) in [5.74, 6) is -1.47. The maximum absolute atomic E-state index is 13.9. The molecule has 3 rings (SSSR count). The van der Waals surface area contributed by atoms with Crippen molar-refractivity contribution in [3.05, 3.63) is 40.7 Å². The highest BCUT2D eigenvalue weighted by Crippen LogP contribution is 2.29. The smallest absolute Gasteiger partial charge is 0.231 e. The van der Waals surface area contributed by atoms with Crippen LogP contribution in [0.25, 0.3) is 0 Å². The molecule has 0 radical (unpaired) electrons. The fourth-order valence-electron chi connectivity index (χ4n) is 2.80. The average molecular weight is 347 g/mol. The minimum Gasteiger partial charge on any atom is -0.309 e. The molecule has 2 aromatic rings. The molecular weight excluding hydrogens is 329 g/mol. The molecule has 0 unspecified atom stereocenters. The van der Waals surface area contributed by atoms with Crippen LogP contribution < -0.4 is 10.2 Å². The first-order valence-electron chi connectivity index (χ1n) is 7.81. The predicted molar refractivity (Wildman–Crippen MR) is 91.7 cm³/mol. The van der Waals surface area contributed by atoms with Gasteiger partial charge in [-0.2, -0.15) is 0 Å². The van der Waals surface area contributed by atoms with Crippen molar-refractivity contribution in [2.45, 2.75) is 26.7 Å². The molecule has 126 valence electrons. The van der Waals surface area contributed by atoms with E-state index in [1.54, 1.807) is 18.2 Å². The highest BCUT2D eigenvalue weighted by atomic mass is 32.1. The average Bonchev–Trinajstić information content (AvgIpc) is 3.10. The maximum Gasteiger partial charge on any atom is 0.231 e. The Hall–Kier alpha value is -2.28. The number of benzene rings is 1. The molecule has 0 aliphatic carbocycles. The van der Waals surface area contributed by atoms with Crippen molar-refractivity contribution in [3.8, 4) is 0 Å². The lowest BCUT2D eigenvalue weighted by Crippen LogP contribution is -2.28. The number of hydrogen-bond donors (Lipinski definition) is 1. The van der Waals surface area contributed by atoms with Crippen LogP contribution in [0.4, 0.5) is 15.2 Å². The lowest BCUT2D eigenvalue weighted by molar-refractivity contribution is -0.122. The van der Waals surface area contributed by atoms with E-state index < -0.39 is 11.7 Å². The summed E-state index contributed by atoms with van der Waals surface area (Å²) in [5, 5.41) is 3.33. The zero-order valence-electron chi connectivity index (χ0n) is 13.5. The van der Waals surface area contributed by atoms with Crippen LogP contribution in [0.2, 0.25) is 0 Å². The van der Waals surface area contributed by atoms with Gasteiger partial charge in [0.15, 0.2) is 5.13 Å². The summed E-state index contributed by atoms with van der Waals surface area (Å²) < 4.78 is 13.9. The van der Waals surface area contributed by atoms with Gasteiger partial charge < -0.3 is 10.2 Å². The number of nitrogens with one attached hydrogen (secondary N) is 1. The number of halogens is 1. The number of anilines is 2. The van der Waals surface area contributed by atoms with Crippen LogP contribution in [0.5, 0.6) is 0 Å². The molecule has 2 amide bonds. The molecular formula is C17H18FN3O2S. The molecule has 1 aromatic carbocycles. The van der Waals surface area contributed by atoms with Gasteiger partial charge in [-0.15, -0.1) is 11.3 Å². The molecule has 0 bridgehead atoms. The Kier molecular flexibility index (Phi) is 4.62. The normalized spacial score (nSPS) is 17.4. The summed E-state index contributed by atoms with van der Waals surface area (Å²) in [5.41, 5.74) is 1.18. The molecule has 0 spiro atoms. The molecule has 2 heterocycles. The molecule has 7 heteroatoms. The van der Waals surface area contributed by atoms with Gasteiger partial charge in [0, 0.05) is 17.8 Å². The minimum atomic E-state index is -0.508. The van der Waals surface area contributed by atoms with Crippen molar-refractivity contribution in [3.63, 3.8) is 0 Å². The summed E-state index contributed by atoms with van der Waals surface area (Å²) >= 11 is 1.42. The Morgan fingerprint density at radius 1 is 1.46 bits per heavy atom. The van der Waals surface area contributed by atoms with Gasteiger partial charge in [0.05, 0.1) is 17.3 Å². The van der Waals surface area contributed by atoms with Crippen LogP contribution >= 0.6 is 11.3 Å². The summed E-state index contributed by atoms with van der Waals surface area (Å²) in [6.07, 6.45) is 0.881. The van der Waals surface area contributed by atoms with E-state index in [-0.39, 0.29) is 30.5 Å². The lowest BCUT2D eigenvalue weighted by Gasteiger charge is -2.17. The molecule has 1 aliphatic heterocycles. The van der Waals surface area contributed by atoms with Crippen LogP contribution in [0.15, 0.2) is 24.3 Å². The minimum absolute atomic E-state index is 0.0746.